The summed E-state index contributed by atoms with van der Waals surface area (Å²) in [4.78, 5) is 12.5. The summed E-state index contributed by atoms with van der Waals surface area (Å²) in [6.07, 6.45) is 0. The van der Waals surface area contributed by atoms with E-state index in [-0.39, 0.29) is 17.7 Å². The van der Waals surface area contributed by atoms with Gasteiger partial charge in [0.1, 0.15) is 18.1 Å². The van der Waals surface area contributed by atoms with Crippen molar-refractivity contribution in [2.45, 2.75) is 19.6 Å². The van der Waals surface area contributed by atoms with Gasteiger partial charge in [-0.15, -0.1) is 0 Å². The van der Waals surface area contributed by atoms with Gasteiger partial charge in [-0.25, -0.2) is 0 Å². The van der Waals surface area contributed by atoms with Gasteiger partial charge in [-0.3, -0.25) is 4.79 Å². The van der Waals surface area contributed by atoms with Crippen LogP contribution in [0.15, 0.2) is 48.5 Å². The lowest BCUT2D eigenvalue weighted by Gasteiger charge is -2.17. The number of ether oxygens (including phenoxy) is 3. The molecule has 1 atom stereocenters. The molecular weight excluding hydrogens is 344 g/mol. The molecular formula is C19H21F2NO4. The van der Waals surface area contributed by atoms with E-state index in [1.165, 1.54) is 12.1 Å². The third kappa shape index (κ3) is 5.70. The molecule has 0 unspecified atom stereocenters. The third-order valence-electron chi connectivity index (χ3n) is 3.63. The highest BCUT2D eigenvalue weighted by atomic mass is 19.3. The molecule has 1 amide bonds. The van der Waals surface area contributed by atoms with Crippen molar-refractivity contribution in [1.82, 2.24) is 5.32 Å². The first kappa shape index (κ1) is 19.7. The number of para-hydroxylation sites is 1. The Morgan fingerprint density at radius 3 is 2.42 bits per heavy atom. The predicted octanol–water partition coefficient (Wildman–Crippen LogP) is 3.80. The van der Waals surface area contributed by atoms with Crippen molar-refractivity contribution in [1.29, 1.82) is 0 Å². The van der Waals surface area contributed by atoms with Crippen molar-refractivity contribution < 1.29 is 27.8 Å². The number of methoxy groups -OCH3 is 1. The number of amides is 1. The zero-order valence-electron chi connectivity index (χ0n) is 14.6. The monoisotopic (exact) mass is 365 g/mol. The molecule has 0 saturated carbocycles. The van der Waals surface area contributed by atoms with Crippen molar-refractivity contribution in [3.05, 3.63) is 59.7 Å². The van der Waals surface area contributed by atoms with Crippen LogP contribution in [-0.4, -0.2) is 32.8 Å². The van der Waals surface area contributed by atoms with E-state index in [2.05, 4.69) is 10.1 Å². The summed E-state index contributed by atoms with van der Waals surface area (Å²) in [6.45, 7) is -0.316. The molecule has 0 saturated heterocycles. The lowest BCUT2D eigenvalue weighted by Crippen LogP contribution is -2.27. The minimum atomic E-state index is -2.87. The maximum absolute atomic E-state index is 12.5. The molecule has 0 aliphatic rings. The fourth-order valence-electron chi connectivity index (χ4n) is 2.31. The van der Waals surface area contributed by atoms with Crippen LogP contribution in [0.25, 0.3) is 0 Å². The van der Waals surface area contributed by atoms with E-state index in [1.807, 2.05) is 0 Å². The van der Waals surface area contributed by atoms with Crippen molar-refractivity contribution in [3.8, 4) is 11.5 Å². The first-order chi connectivity index (χ1) is 12.5. The summed E-state index contributed by atoms with van der Waals surface area (Å²) in [7, 11) is 1.57. The molecule has 0 fully saturated rings. The highest BCUT2D eigenvalue weighted by Crippen LogP contribution is 2.22. The molecule has 0 aromatic heterocycles. The van der Waals surface area contributed by atoms with Gasteiger partial charge < -0.3 is 19.5 Å². The standard InChI is InChI=1S/C19H21F2NO4/c1-13(14-7-9-15(10-8-14)26-19(20)21)22-18(23)16-5-3-4-6-17(16)25-12-11-24-2/h3-10,13,19H,11-12H2,1-2H3,(H,22,23)/t13-/m1/s1. The van der Waals surface area contributed by atoms with Crippen LogP contribution in [0.5, 0.6) is 11.5 Å². The van der Waals surface area contributed by atoms with Gasteiger partial charge in [0.2, 0.25) is 0 Å². The molecule has 0 aliphatic carbocycles. The predicted molar refractivity (Wildman–Crippen MR) is 92.8 cm³/mol. The molecule has 7 heteroatoms. The highest BCUT2D eigenvalue weighted by Gasteiger charge is 2.16. The highest BCUT2D eigenvalue weighted by molar-refractivity contribution is 5.97. The van der Waals surface area contributed by atoms with Gasteiger partial charge in [0, 0.05) is 7.11 Å². The molecule has 0 heterocycles. The van der Waals surface area contributed by atoms with Crippen LogP contribution in [0, 0.1) is 0 Å². The lowest BCUT2D eigenvalue weighted by atomic mass is 10.1. The number of hydrogen-bond donors (Lipinski definition) is 1. The van der Waals surface area contributed by atoms with Crippen LogP contribution in [0.1, 0.15) is 28.9 Å². The maximum Gasteiger partial charge on any atom is 0.387 e. The molecule has 140 valence electrons. The smallest absolute Gasteiger partial charge is 0.387 e. The van der Waals surface area contributed by atoms with Gasteiger partial charge in [-0.1, -0.05) is 24.3 Å². The Morgan fingerprint density at radius 2 is 1.77 bits per heavy atom. The average molecular weight is 365 g/mol. The molecule has 2 aromatic rings. The maximum atomic E-state index is 12.5. The number of rotatable bonds is 9. The number of carbonyl (C=O) groups excluding carboxylic acids is 1. The second-order valence-corrected chi connectivity index (χ2v) is 5.48. The van der Waals surface area contributed by atoms with Crippen LogP contribution in [0.2, 0.25) is 0 Å². The largest absolute Gasteiger partial charge is 0.490 e. The zero-order valence-corrected chi connectivity index (χ0v) is 14.6. The molecule has 0 spiro atoms. The Bertz CT molecular complexity index is 707. The first-order valence-electron chi connectivity index (χ1n) is 8.07. The Hall–Kier alpha value is -2.67. The molecule has 5 nitrogen and oxygen atoms in total. The summed E-state index contributed by atoms with van der Waals surface area (Å²) >= 11 is 0. The molecule has 26 heavy (non-hydrogen) atoms. The lowest BCUT2D eigenvalue weighted by molar-refractivity contribution is -0.0498. The van der Waals surface area contributed by atoms with Gasteiger partial charge in [-0.05, 0) is 36.8 Å². The van der Waals surface area contributed by atoms with Crippen molar-refractivity contribution in [2.75, 3.05) is 20.3 Å². The van der Waals surface area contributed by atoms with Crippen LogP contribution in [0.3, 0.4) is 0 Å². The van der Waals surface area contributed by atoms with Crippen LogP contribution >= 0.6 is 0 Å². The van der Waals surface area contributed by atoms with Crippen LogP contribution in [0.4, 0.5) is 8.78 Å². The Morgan fingerprint density at radius 1 is 1.08 bits per heavy atom. The number of alkyl halides is 2. The van der Waals surface area contributed by atoms with E-state index in [9.17, 15) is 13.6 Å². The molecule has 0 radical (unpaired) electrons. The number of hydrogen-bond acceptors (Lipinski definition) is 4. The van der Waals surface area contributed by atoms with Gasteiger partial charge in [-0.2, -0.15) is 8.78 Å². The molecule has 2 aromatic carbocycles. The van der Waals surface area contributed by atoms with Gasteiger partial charge in [0.25, 0.3) is 5.91 Å². The minimum absolute atomic E-state index is 0.0687. The summed E-state index contributed by atoms with van der Waals surface area (Å²) in [5.41, 5.74) is 1.17. The van der Waals surface area contributed by atoms with Gasteiger partial charge in [0.05, 0.1) is 18.2 Å². The number of halogens is 2. The number of nitrogens with one attached hydrogen (secondary N) is 1. The second-order valence-electron chi connectivity index (χ2n) is 5.48. The Labute approximate surface area is 150 Å². The van der Waals surface area contributed by atoms with E-state index in [0.29, 0.717) is 24.5 Å². The fraction of sp³-hybridized carbons (Fsp3) is 0.316. The molecule has 0 bridgehead atoms. The average Bonchev–Trinajstić information content (AvgIpc) is 2.62. The van der Waals surface area contributed by atoms with Crippen molar-refractivity contribution >= 4 is 5.91 Å². The molecule has 0 aliphatic heterocycles. The summed E-state index contributed by atoms with van der Waals surface area (Å²) in [6, 6.07) is 12.7. The molecule has 2 rings (SSSR count). The van der Waals surface area contributed by atoms with E-state index < -0.39 is 6.61 Å². The Balaban J connectivity index is 2.02. The third-order valence-corrected chi connectivity index (χ3v) is 3.63. The SMILES string of the molecule is COCCOc1ccccc1C(=O)N[C@H](C)c1ccc(OC(F)F)cc1. The summed E-state index contributed by atoms with van der Waals surface area (Å²) in [5, 5.41) is 2.86. The van der Waals surface area contributed by atoms with E-state index in [4.69, 9.17) is 9.47 Å². The van der Waals surface area contributed by atoms with Gasteiger partial charge in [0.15, 0.2) is 0 Å². The number of benzene rings is 2. The topological polar surface area (TPSA) is 56.8 Å². The summed E-state index contributed by atoms with van der Waals surface area (Å²) < 4.78 is 39.2. The van der Waals surface area contributed by atoms with E-state index in [0.717, 1.165) is 5.56 Å². The van der Waals surface area contributed by atoms with Gasteiger partial charge >= 0.3 is 6.61 Å². The molecule has 1 N–H and O–H groups in total. The number of carbonyl (C=O) groups is 1. The van der Waals surface area contributed by atoms with E-state index in [1.54, 1.807) is 50.4 Å². The minimum Gasteiger partial charge on any atom is -0.490 e. The van der Waals surface area contributed by atoms with Crippen molar-refractivity contribution in [3.63, 3.8) is 0 Å². The second kappa shape index (κ2) is 9.72. The first-order valence-corrected chi connectivity index (χ1v) is 8.07. The Kier molecular flexibility index (Phi) is 7.35. The quantitative estimate of drug-likeness (QED) is 0.687. The normalized spacial score (nSPS) is 11.9. The fourth-order valence-corrected chi connectivity index (χ4v) is 2.31. The van der Waals surface area contributed by atoms with Crippen LogP contribution < -0.4 is 14.8 Å². The zero-order chi connectivity index (χ0) is 18.9. The summed E-state index contributed by atoms with van der Waals surface area (Å²) in [5.74, 6) is 0.243. The van der Waals surface area contributed by atoms with Crippen molar-refractivity contribution in [2.24, 2.45) is 0 Å². The van der Waals surface area contributed by atoms with Crippen LogP contribution in [-0.2, 0) is 4.74 Å². The van der Waals surface area contributed by atoms with E-state index >= 15 is 0 Å².